The number of hydrogen-bond donors (Lipinski definition) is 0. The van der Waals surface area contributed by atoms with Crippen molar-refractivity contribution in [2.24, 2.45) is 0 Å². The van der Waals surface area contributed by atoms with Gasteiger partial charge in [-0.05, 0) is 61.2 Å². The number of ether oxygens (including phenoxy) is 4. The Morgan fingerprint density at radius 1 is 0.786 bits per heavy atom. The molecule has 0 fully saturated rings. The fraction of sp³-hybridized carbons (Fsp3) is 0.250. The van der Waals surface area contributed by atoms with E-state index < -0.39 is 0 Å². The lowest BCUT2D eigenvalue weighted by molar-refractivity contribution is -0.686. The van der Waals surface area contributed by atoms with Crippen molar-refractivity contribution in [1.29, 1.82) is 0 Å². The Morgan fingerprint density at radius 3 is 2.05 bits per heavy atom. The average Bonchev–Trinajstić information content (AvgIpc) is 3.46. The van der Waals surface area contributed by atoms with Crippen LogP contribution in [0.5, 0.6) is 23.0 Å². The molecule has 5 nitrogen and oxygen atoms in total. The van der Waals surface area contributed by atoms with Crippen LogP contribution in [0.25, 0.3) is 22.0 Å². The third-order valence-electron chi connectivity index (χ3n) is 8.61. The van der Waals surface area contributed by atoms with Gasteiger partial charge in [-0.25, -0.2) is 0 Å². The molecule has 0 unspecified atom stereocenters. The van der Waals surface area contributed by atoms with Crippen LogP contribution < -0.4 is 47.5 Å². The number of rotatable bonds is 6. The summed E-state index contributed by atoms with van der Waals surface area (Å²) in [5.74, 6) is 3.31. The van der Waals surface area contributed by atoms with Crippen molar-refractivity contribution >= 4 is 10.8 Å². The van der Waals surface area contributed by atoms with E-state index in [1.54, 1.807) is 14.2 Å². The molecule has 2 aliphatic rings. The van der Waals surface area contributed by atoms with Gasteiger partial charge >= 0.3 is 0 Å². The van der Waals surface area contributed by atoms with E-state index in [1.807, 2.05) is 6.07 Å². The molecule has 5 aromatic rings. The molecule has 0 amide bonds. The second kappa shape index (κ2) is 11.5. The van der Waals surface area contributed by atoms with Crippen LogP contribution in [0.15, 0.2) is 79.0 Å². The maximum Gasteiger partial charge on any atom is 0.231 e. The van der Waals surface area contributed by atoms with Gasteiger partial charge in [0.15, 0.2) is 35.7 Å². The summed E-state index contributed by atoms with van der Waals surface area (Å²) >= 11 is 0. The molecule has 0 saturated heterocycles. The molecule has 0 aliphatic carbocycles. The van der Waals surface area contributed by atoms with E-state index in [-0.39, 0.29) is 36.7 Å². The molecular weight excluding hydrogens is 637 g/mol. The van der Waals surface area contributed by atoms with Gasteiger partial charge in [-0.3, -0.25) is 0 Å². The Balaban J connectivity index is 0.00000316. The predicted octanol–water partition coefficient (Wildman–Crippen LogP) is 4.09. The molecule has 7 rings (SSSR count). The zero-order chi connectivity index (χ0) is 28.1. The van der Waals surface area contributed by atoms with Crippen LogP contribution in [0.2, 0.25) is 0 Å². The molecule has 42 heavy (non-hydrogen) atoms. The molecule has 6 heteroatoms. The molecule has 2 aliphatic heterocycles. The molecule has 0 spiro atoms. The minimum Gasteiger partial charge on any atom is -1.00 e. The largest absolute Gasteiger partial charge is 1.00 e. The molecule has 0 saturated carbocycles. The topological polar surface area (TPSA) is 40.8 Å². The van der Waals surface area contributed by atoms with Crippen LogP contribution in [0.3, 0.4) is 0 Å². The number of fused-ring (bicyclic) bond motifs is 5. The van der Waals surface area contributed by atoms with Crippen molar-refractivity contribution in [3.8, 4) is 34.3 Å². The fourth-order valence-corrected chi connectivity index (χ4v) is 6.45. The van der Waals surface area contributed by atoms with Crippen molar-refractivity contribution in [1.82, 2.24) is 0 Å². The first-order valence-electron chi connectivity index (χ1n) is 14.2. The molecule has 3 heterocycles. The highest BCUT2D eigenvalue weighted by Crippen LogP contribution is 2.45. The summed E-state index contributed by atoms with van der Waals surface area (Å²) in [6.45, 7) is 5.42. The van der Waals surface area contributed by atoms with Gasteiger partial charge in [-0.1, -0.05) is 59.7 Å². The number of methoxy groups -OCH3 is 2. The van der Waals surface area contributed by atoms with Gasteiger partial charge in [0, 0.05) is 23.3 Å². The first-order chi connectivity index (χ1) is 20.0. The Kier molecular flexibility index (Phi) is 7.75. The van der Waals surface area contributed by atoms with Gasteiger partial charge in [0.25, 0.3) is 0 Å². The number of aryl methyl sites for hydroxylation is 4. The molecule has 1 aromatic heterocycles. The molecule has 214 valence electrons. The quantitative estimate of drug-likeness (QED) is 0.202. The normalized spacial score (nSPS) is 13.0. The number of nitrogens with zero attached hydrogens (tertiary/aromatic N) is 1. The Bertz CT molecular complexity index is 1740. The molecule has 0 N–H and O–H groups in total. The van der Waals surface area contributed by atoms with Gasteiger partial charge in [0.1, 0.15) is 0 Å². The first-order valence-corrected chi connectivity index (χ1v) is 14.2. The maximum absolute atomic E-state index is 5.95. The smallest absolute Gasteiger partial charge is 0.231 e. The molecule has 0 radical (unpaired) electrons. The summed E-state index contributed by atoms with van der Waals surface area (Å²) in [7, 11) is 3.41. The highest BCUT2D eigenvalue weighted by Gasteiger charge is 2.33. The van der Waals surface area contributed by atoms with Crippen molar-refractivity contribution in [2.45, 2.75) is 39.2 Å². The number of halogens is 1. The van der Waals surface area contributed by atoms with Gasteiger partial charge in [0.2, 0.25) is 12.5 Å². The van der Waals surface area contributed by atoms with Crippen LogP contribution >= 0.6 is 0 Å². The monoisotopic (exact) mass is 671 g/mol. The van der Waals surface area contributed by atoms with Gasteiger partial charge in [-0.15, -0.1) is 0 Å². The predicted molar refractivity (Wildman–Crippen MR) is 160 cm³/mol. The maximum atomic E-state index is 5.95. The summed E-state index contributed by atoms with van der Waals surface area (Å²) in [4.78, 5) is 0. The second-order valence-electron chi connectivity index (χ2n) is 11.1. The zero-order valence-corrected chi connectivity index (χ0v) is 26.5. The van der Waals surface area contributed by atoms with E-state index in [1.165, 1.54) is 50.0 Å². The lowest BCUT2D eigenvalue weighted by atomic mass is 9.81. The lowest BCUT2D eigenvalue weighted by Gasteiger charge is -2.24. The zero-order valence-electron chi connectivity index (χ0n) is 24.4. The minimum absolute atomic E-state index is 0. The van der Waals surface area contributed by atoms with Gasteiger partial charge < -0.3 is 42.9 Å². The SMILES string of the molecule is COc1ccc2c(CC(c3ccc(C)cc3)c3ccc(C)cc3)c3[n+](cc2c1OC)CCc1cc2c(cc1-3)OCO2.[I-]. The van der Waals surface area contributed by atoms with Crippen molar-refractivity contribution in [3.05, 3.63) is 112 Å². The summed E-state index contributed by atoms with van der Waals surface area (Å²) in [5.41, 5.74) is 10.1. The number of pyridine rings is 1. The third kappa shape index (κ3) is 4.85. The second-order valence-corrected chi connectivity index (χ2v) is 11.1. The van der Waals surface area contributed by atoms with Gasteiger partial charge in [-0.2, -0.15) is 4.57 Å². The van der Waals surface area contributed by atoms with E-state index in [4.69, 9.17) is 18.9 Å². The van der Waals surface area contributed by atoms with Crippen molar-refractivity contribution < 1.29 is 47.5 Å². The fourth-order valence-electron chi connectivity index (χ4n) is 6.45. The summed E-state index contributed by atoms with van der Waals surface area (Å²) in [6.07, 6.45) is 3.97. The highest BCUT2D eigenvalue weighted by molar-refractivity contribution is 5.95. The molecule has 0 atom stereocenters. The van der Waals surface area contributed by atoms with Crippen molar-refractivity contribution in [2.75, 3.05) is 21.0 Å². The Hall–Kier alpha value is -3.78. The highest BCUT2D eigenvalue weighted by atomic mass is 127. The van der Waals surface area contributed by atoms with E-state index >= 15 is 0 Å². The summed E-state index contributed by atoms with van der Waals surface area (Å²) < 4.78 is 25.7. The van der Waals surface area contributed by atoms with E-state index in [0.29, 0.717) is 0 Å². The van der Waals surface area contributed by atoms with Crippen LogP contribution in [0, 0.1) is 13.8 Å². The number of hydrogen-bond acceptors (Lipinski definition) is 4. The first kappa shape index (κ1) is 28.3. The summed E-state index contributed by atoms with van der Waals surface area (Å²) in [5, 5.41) is 2.23. The van der Waals surface area contributed by atoms with Crippen LogP contribution in [-0.4, -0.2) is 21.0 Å². The Labute approximate surface area is 264 Å². The molecule has 0 bridgehead atoms. The number of benzene rings is 4. The van der Waals surface area contributed by atoms with Gasteiger partial charge in [0.05, 0.1) is 25.2 Å². The van der Waals surface area contributed by atoms with E-state index in [9.17, 15) is 0 Å². The molecular formula is C36H34INO4. The van der Waals surface area contributed by atoms with E-state index in [2.05, 4.69) is 91.3 Å². The Morgan fingerprint density at radius 2 is 1.43 bits per heavy atom. The lowest BCUT2D eigenvalue weighted by Crippen LogP contribution is -3.00. The third-order valence-corrected chi connectivity index (χ3v) is 8.61. The average molecular weight is 672 g/mol. The van der Waals surface area contributed by atoms with E-state index in [0.717, 1.165) is 47.8 Å². The number of aromatic nitrogens is 1. The van der Waals surface area contributed by atoms with Crippen LogP contribution in [-0.2, 0) is 19.4 Å². The summed E-state index contributed by atoms with van der Waals surface area (Å²) in [6, 6.07) is 26.5. The standard InChI is InChI=1S/C36H34NO4.HI/c1-22-5-9-24(10-6-22)28(25-11-7-23(2)8-12-25)18-30-27-13-14-32(38-3)36(39-4)31(27)20-37-16-15-26-17-33-34(41-21-40-33)19-29(26)35(30)37;/h5-14,17,19-20,28H,15-16,18,21H2,1-4H3;1H/q+1;/p-1. The minimum atomic E-state index is 0. The van der Waals surface area contributed by atoms with Crippen LogP contribution in [0.4, 0.5) is 0 Å². The van der Waals surface area contributed by atoms with Crippen molar-refractivity contribution in [3.63, 3.8) is 0 Å². The van der Waals surface area contributed by atoms with Crippen LogP contribution in [0.1, 0.15) is 39.3 Å². The molecule has 4 aromatic carbocycles.